The molecule has 0 radical (unpaired) electrons. The van der Waals surface area contributed by atoms with Gasteiger partial charge in [0.15, 0.2) is 0 Å². The standard InChI is InChI=1S/C50H58F2N7O10PS/c1-49(2,3)43(54-45(62)40-25-33-24-34(11-14-39(33)71-40)50(51,52)70(66,67)68)47(64)58-19-17-32(42(58)46(63)57-20-21-69-38(28-57)31-8-6-5-7-9-31)22-30-16-18-56(27-30)26-29-10-12-35-37(23-29)55(4)48(65)59(35)36-13-15-41(60)53-44(36)61/h5-12,14,23-25,30,32,36,38,42-43H,13,15-22,26-28H2,1-4H3,(H,54,62)(H,53,60,61)(H2,66,67,68)/t30-,32+,36?,38+,42+,43-/m1/s1. The van der Waals surface area contributed by atoms with Gasteiger partial charge in [-0.1, -0.05) is 63.2 Å². The molecule has 6 heterocycles. The van der Waals surface area contributed by atoms with Crippen molar-refractivity contribution < 1.29 is 51.8 Å². The van der Waals surface area contributed by atoms with Crippen molar-refractivity contribution in [1.29, 1.82) is 0 Å². The van der Waals surface area contributed by atoms with Crippen LogP contribution in [-0.2, 0) is 47.7 Å². The minimum absolute atomic E-state index is 0.103. The fourth-order valence-electron chi connectivity index (χ4n) is 10.8. The lowest BCUT2D eigenvalue weighted by atomic mass is 9.84. The van der Waals surface area contributed by atoms with E-state index in [1.807, 2.05) is 69.3 Å². The second-order valence-electron chi connectivity index (χ2n) is 20.4. The number of fused-ring (bicyclic) bond motifs is 2. The molecule has 4 fully saturated rings. The fourth-order valence-corrected chi connectivity index (χ4v) is 12.2. The lowest BCUT2D eigenvalue weighted by Gasteiger charge is -2.40. The number of likely N-dealkylation sites (tertiary alicyclic amines) is 2. The van der Waals surface area contributed by atoms with Crippen LogP contribution in [0.4, 0.5) is 8.78 Å². The van der Waals surface area contributed by atoms with Crippen molar-refractivity contribution in [2.24, 2.45) is 24.3 Å². The van der Waals surface area contributed by atoms with Crippen molar-refractivity contribution in [2.75, 3.05) is 39.3 Å². The second kappa shape index (κ2) is 19.4. The Morgan fingerprint density at radius 2 is 1.69 bits per heavy atom. The van der Waals surface area contributed by atoms with E-state index in [2.05, 4.69) is 15.5 Å². The summed E-state index contributed by atoms with van der Waals surface area (Å²) in [5.74, 6) is -2.10. The first-order valence-electron chi connectivity index (χ1n) is 23.9. The summed E-state index contributed by atoms with van der Waals surface area (Å²) in [6.07, 6.45) is 2.12. The van der Waals surface area contributed by atoms with E-state index >= 15 is 9.59 Å². The quantitative estimate of drug-likeness (QED) is 0.0888. The Kier molecular flexibility index (Phi) is 13.8. The Morgan fingerprint density at radius 3 is 2.41 bits per heavy atom. The van der Waals surface area contributed by atoms with Crippen LogP contribution >= 0.6 is 18.9 Å². The van der Waals surface area contributed by atoms with E-state index in [1.165, 1.54) is 21.3 Å². The molecule has 0 saturated carbocycles. The summed E-state index contributed by atoms with van der Waals surface area (Å²) in [4.78, 5) is 107. The molecule has 1 unspecified atom stereocenters. The number of carbonyl (C=O) groups is 5. The molecule has 71 heavy (non-hydrogen) atoms. The predicted molar refractivity (Wildman–Crippen MR) is 260 cm³/mol. The number of hydrogen-bond donors (Lipinski definition) is 4. The highest BCUT2D eigenvalue weighted by Gasteiger charge is 2.51. The summed E-state index contributed by atoms with van der Waals surface area (Å²) in [6, 6.07) is 17.2. The number of aromatic nitrogens is 2. The predicted octanol–water partition coefficient (Wildman–Crippen LogP) is 5.63. The van der Waals surface area contributed by atoms with Gasteiger partial charge in [-0.2, -0.15) is 8.78 Å². The number of hydrogen-bond acceptors (Lipinski definition) is 10. The summed E-state index contributed by atoms with van der Waals surface area (Å²) < 4.78 is 50.4. The molecule has 5 amide bonds. The number of nitrogens with one attached hydrogen (secondary N) is 2. The first-order valence-corrected chi connectivity index (χ1v) is 26.3. The highest BCUT2D eigenvalue weighted by atomic mass is 32.1. The molecule has 4 N–H and O–H groups in total. The Hall–Kier alpha value is -5.63. The van der Waals surface area contributed by atoms with Crippen molar-refractivity contribution >= 4 is 69.6 Å². The lowest BCUT2D eigenvalue weighted by Crippen LogP contribution is -2.59. The van der Waals surface area contributed by atoms with Gasteiger partial charge in [0.25, 0.3) is 5.91 Å². The summed E-state index contributed by atoms with van der Waals surface area (Å²) in [5.41, 5.74) is -3.30. The van der Waals surface area contributed by atoms with Crippen molar-refractivity contribution in [3.63, 3.8) is 0 Å². The van der Waals surface area contributed by atoms with Crippen molar-refractivity contribution in [3.05, 3.63) is 105 Å². The summed E-state index contributed by atoms with van der Waals surface area (Å²) in [6.45, 7) is 8.79. The molecule has 5 aromatic rings. The van der Waals surface area contributed by atoms with Crippen molar-refractivity contribution in [1.82, 2.24) is 34.5 Å². The van der Waals surface area contributed by atoms with Gasteiger partial charge in [0.2, 0.25) is 23.6 Å². The van der Waals surface area contributed by atoms with E-state index in [-0.39, 0.29) is 65.1 Å². The minimum Gasteiger partial charge on any atom is -0.370 e. The van der Waals surface area contributed by atoms with Gasteiger partial charge in [0, 0.05) is 49.9 Å². The molecule has 2 aromatic heterocycles. The Bertz CT molecular complexity index is 3020. The van der Waals surface area contributed by atoms with Crippen LogP contribution in [0.3, 0.4) is 0 Å². The molecule has 4 saturated heterocycles. The molecular formula is C50H58F2N7O10PS. The van der Waals surface area contributed by atoms with Crippen LogP contribution in [0, 0.1) is 17.3 Å². The Morgan fingerprint density at radius 1 is 0.930 bits per heavy atom. The van der Waals surface area contributed by atoms with E-state index in [9.17, 15) is 42.3 Å². The number of amides is 5. The van der Waals surface area contributed by atoms with Crippen molar-refractivity contribution in [2.45, 2.75) is 89.3 Å². The van der Waals surface area contributed by atoms with E-state index in [1.54, 1.807) is 16.8 Å². The first-order chi connectivity index (χ1) is 33.6. The van der Waals surface area contributed by atoms with Crippen LogP contribution in [0.15, 0.2) is 77.6 Å². The fraction of sp³-hybridized carbons (Fsp3) is 0.480. The lowest BCUT2D eigenvalue weighted by molar-refractivity contribution is -0.152. The van der Waals surface area contributed by atoms with Crippen LogP contribution in [0.25, 0.3) is 21.1 Å². The zero-order valence-electron chi connectivity index (χ0n) is 39.9. The highest BCUT2D eigenvalue weighted by molar-refractivity contribution is 7.52. The number of thiophene rings is 1. The number of imide groups is 1. The number of imidazole rings is 1. The van der Waals surface area contributed by atoms with Crippen LogP contribution < -0.4 is 16.3 Å². The van der Waals surface area contributed by atoms with Gasteiger partial charge in [0.05, 0.1) is 29.1 Å². The first kappa shape index (κ1) is 50.3. The molecule has 4 aliphatic heterocycles. The second-order valence-corrected chi connectivity index (χ2v) is 23.2. The molecular weight excluding hydrogens is 960 g/mol. The average molecular weight is 1020 g/mol. The van der Waals surface area contributed by atoms with Gasteiger partial charge < -0.3 is 29.6 Å². The number of rotatable bonds is 12. The van der Waals surface area contributed by atoms with E-state index < -0.39 is 60.1 Å². The normalized spacial score (nSPS) is 23.1. The number of piperidine rings is 1. The van der Waals surface area contributed by atoms with E-state index in [4.69, 9.17) is 4.74 Å². The monoisotopic (exact) mass is 1020 g/mol. The van der Waals surface area contributed by atoms with E-state index in [0.717, 1.165) is 54.1 Å². The number of benzene rings is 3. The number of carbonyl (C=O) groups excluding carboxylic acids is 5. The molecule has 17 nitrogen and oxygen atoms in total. The topological polar surface area (TPSA) is 213 Å². The molecule has 378 valence electrons. The van der Waals surface area contributed by atoms with Crippen LogP contribution in [0.2, 0.25) is 0 Å². The summed E-state index contributed by atoms with van der Waals surface area (Å²) in [5, 5.41) is 5.43. The van der Waals surface area contributed by atoms with Crippen molar-refractivity contribution in [3.8, 4) is 0 Å². The van der Waals surface area contributed by atoms with Gasteiger partial charge in [-0.15, -0.1) is 11.3 Å². The van der Waals surface area contributed by atoms with Crippen LogP contribution in [0.1, 0.15) is 91.4 Å². The highest BCUT2D eigenvalue weighted by Crippen LogP contribution is 2.59. The third-order valence-corrected chi connectivity index (χ3v) is 16.6. The third kappa shape index (κ3) is 9.98. The summed E-state index contributed by atoms with van der Waals surface area (Å²) >= 11 is 0.988. The molecule has 6 atom stereocenters. The summed E-state index contributed by atoms with van der Waals surface area (Å²) in [7, 11) is -4.17. The number of morpholine rings is 1. The number of aryl methyl sites for hydroxylation is 1. The van der Waals surface area contributed by atoms with Gasteiger partial charge >= 0.3 is 18.9 Å². The zero-order valence-corrected chi connectivity index (χ0v) is 41.6. The largest absolute Gasteiger partial charge is 0.399 e. The van der Waals surface area contributed by atoms with Gasteiger partial charge in [-0.25, -0.2) is 4.79 Å². The van der Waals surface area contributed by atoms with Gasteiger partial charge in [0.1, 0.15) is 24.2 Å². The maximum Gasteiger partial charge on any atom is 0.399 e. The van der Waals surface area contributed by atoms with Gasteiger partial charge in [-0.05, 0) is 96.3 Å². The number of halogens is 2. The van der Waals surface area contributed by atoms with E-state index in [0.29, 0.717) is 54.8 Å². The Balaban J connectivity index is 0.934. The van der Waals surface area contributed by atoms with Crippen LogP contribution in [0.5, 0.6) is 0 Å². The smallest absolute Gasteiger partial charge is 0.370 e. The number of ether oxygens (including phenoxy) is 1. The SMILES string of the molecule is Cn1c(=O)n(C2CCC(=O)NC2=O)c2ccc(CN3CC[C@H](C[C@@H]4CCN(C(=O)[C@@H](NC(=O)c5cc6cc(C(F)(F)P(=O)(O)O)ccc6s5)C(C)(C)C)[C@@H]4C(=O)N4CCO[C@H](c5ccccc5)C4)C3)cc21. The molecule has 0 bridgehead atoms. The van der Waals surface area contributed by atoms with Gasteiger partial charge in [-0.3, -0.25) is 47.9 Å². The molecule has 0 aliphatic carbocycles. The average Bonchev–Trinajstić information content (AvgIpc) is 4.13. The maximum atomic E-state index is 15.1. The molecule has 21 heteroatoms. The molecule has 0 spiro atoms. The Labute approximate surface area is 412 Å². The number of nitrogens with zero attached hydrogens (tertiary/aromatic N) is 5. The zero-order chi connectivity index (χ0) is 50.7. The molecule has 3 aromatic carbocycles. The minimum atomic E-state index is -5.84. The van der Waals surface area contributed by atoms with Crippen LogP contribution in [-0.4, -0.2) is 115 Å². The molecule has 4 aliphatic rings. The molecule has 9 rings (SSSR count). The third-order valence-electron chi connectivity index (χ3n) is 14.5. The maximum absolute atomic E-state index is 15.1. The number of alkyl halides is 2.